The molecule has 0 saturated carbocycles. The van der Waals surface area contributed by atoms with Crippen LogP contribution < -0.4 is 14.8 Å². The number of carbonyl (C=O) groups is 1. The molecule has 0 fully saturated rings. The van der Waals surface area contributed by atoms with Crippen molar-refractivity contribution in [2.75, 3.05) is 12.4 Å². The fraction of sp³-hybridized carbons (Fsp3) is 0.227. The van der Waals surface area contributed by atoms with Crippen LogP contribution in [0, 0.1) is 0 Å². The molecule has 0 heterocycles. The third-order valence-electron chi connectivity index (χ3n) is 4.86. The third kappa shape index (κ3) is 2.99. The Morgan fingerprint density at radius 3 is 2.54 bits per heavy atom. The second-order valence-corrected chi connectivity index (χ2v) is 6.54. The summed E-state index contributed by atoms with van der Waals surface area (Å²) in [4.78, 5) is 12.6. The van der Waals surface area contributed by atoms with Crippen LogP contribution in [0.25, 0.3) is 10.8 Å². The summed E-state index contributed by atoms with van der Waals surface area (Å²) in [7, 11) is 1.60. The molecule has 4 heteroatoms. The lowest BCUT2D eigenvalue weighted by molar-refractivity contribution is -0.122. The molecule has 0 saturated heterocycles. The smallest absolute Gasteiger partial charge is 0.265 e. The van der Waals surface area contributed by atoms with Crippen molar-refractivity contribution in [1.29, 1.82) is 0 Å². The normalized spacial score (nSPS) is 13.5. The highest BCUT2D eigenvalue weighted by atomic mass is 16.5. The lowest BCUT2D eigenvalue weighted by Gasteiger charge is -2.16. The fourth-order valence-electron chi connectivity index (χ4n) is 3.52. The number of aryl methyl sites for hydroxylation is 2. The average Bonchev–Trinajstić information content (AvgIpc) is 3.09. The zero-order valence-corrected chi connectivity index (χ0v) is 14.9. The maximum Gasteiger partial charge on any atom is 0.265 e. The Balaban J connectivity index is 1.54. The molecular weight excluding hydrogens is 326 g/mol. The predicted molar refractivity (Wildman–Crippen MR) is 103 cm³/mol. The summed E-state index contributed by atoms with van der Waals surface area (Å²) in [5, 5.41) is 5.40. The van der Waals surface area contributed by atoms with Gasteiger partial charge in [-0.25, -0.2) is 0 Å². The van der Waals surface area contributed by atoms with Crippen molar-refractivity contribution in [1.82, 2.24) is 0 Å². The summed E-state index contributed by atoms with van der Waals surface area (Å²) >= 11 is 0. The van der Waals surface area contributed by atoms with E-state index >= 15 is 0 Å². The van der Waals surface area contributed by atoms with E-state index in [2.05, 4.69) is 29.6 Å². The van der Waals surface area contributed by atoms with Gasteiger partial charge in [0, 0.05) is 17.1 Å². The molecule has 26 heavy (non-hydrogen) atoms. The quantitative estimate of drug-likeness (QED) is 0.746. The van der Waals surface area contributed by atoms with Crippen molar-refractivity contribution in [3.63, 3.8) is 0 Å². The lowest BCUT2D eigenvalue weighted by Crippen LogP contribution is -2.30. The van der Waals surface area contributed by atoms with Crippen LogP contribution >= 0.6 is 0 Å². The summed E-state index contributed by atoms with van der Waals surface area (Å²) in [5.74, 6) is 1.13. The number of benzene rings is 3. The van der Waals surface area contributed by atoms with Crippen molar-refractivity contribution in [3.8, 4) is 11.5 Å². The molecule has 132 valence electrons. The molecule has 0 spiro atoms. The molecule has 0 radical (unpaired) electrons. The van der Waals surface area contributed by atoms with Gasteiger partial charge < -0.3 is 14.8 Å². The largest absolute Gasteiger partial charge is 0.497 e. The molecule has 3 aromatic carbocycles. The number of carbonyl (C=O) groups excluding carboxylic acids is 1. The molecular formula is C22H21NO3. The first-order valence-corrected chi connectivity index (χ1v) is 8.81. The molecule has 1 N–H and O–H groups in total. The van der Waals surface area contributed by atoms with E-state index in [0.717, 1.165) is 23.9 Å². The van der Waals surface area contributed by atoms with E-state index in [-0.39, 0.29) is 5.91 Å². The van der Waals surface area contributed by atoms with Crippen molar-refractivity contribution >= 4 is 22.4 Å². The number of nitrogens with one attached hydrogen (secondary N) is 1. The Kier molecular flexibility index (Phi) is 4.25. The minimum atomic E-state index is -0.620. The van der Waals surface area contributed by atoms with Gasteiger partial charge in [0.05, 0.1) is 7.11 Å². The summed E-state index contributed by atoms with van der Waals surface area (Å²) in [6.45, 7) is 1.74. The van der Waals surface area contributed by atoms with Crippen LogP contribution in [0.4, 0.5) is 5.69 Å². The van der Waals surface area contributed by atoms with Crippen LogP contribution in [0.2, 0.25) is 0 Å². The number of methoxy groups -OCH3 is 1. The van der Waals surface area contributed by atoms with E-state index in [0.29, 0.717) is 11.5 Å². The summed E-state index contributed by atoms with van der Waals surface area (Å²) in [6.07, 6.45) is 1.52. The Bertz CT molecular complexity index is 970. The molecule has 1 aliphatic carbocycles. The van der Waals surface area contributed by atoms with Gasteiger partial charge >= 0.3 is 0 Å². The Morgan fingerprint density at radius 1 is 1.00 bits per heavy atom. The van der Waals surface area contributed by atoms with Gasteiger partial charge in [0.25, 0.3) is 5.91 Å². The van der Waals surface area contributed by atoms with Crippen molar-refractivity contribution < 1.29 is 14.3 Å². The summed E-state index contributed by atoms with van der Waals surface area (Å²) < 4.78 is 11.0. The second-order valence-electron chi connectivity index (χ2n) is 6.54. The summed E-state index contributed by atoms with van der Waals surface area (Å²) in [6, 6.07) is 17.6. The average molecular weight is 347 g/mol. The molecule has 0 aromatic heterocycles. The minimum absolute atomic E-state index is 0.175. The van der Waals surface area contributed by atoms with Gasteiger partial charge in [-0.05, 0) is 54.5 Å². The monoisotopic (exact) mass is 347 g/mol. The van der Waals surface area contributed by atoms with Crippen molar-refractivity contribution in [2.24, 2.45) is 0 Å². The molecule has 4 rings (SSSR count). The number of rotatable bonds is 5. The van der Waals surface area contributed by atoms with Gasteiger partial charge in [-0.3, -0.25) is 4.79 Å². The number of hydrogen-bond acceptors (Lipinski definition) is 3. The summed E-state index contributed by atoms with van der Waals surface area (Å²) in [5.41, 5.74) is 3.54. The van der Waals surface area contributed by atoms with Crippen LogP contribution in [0.5, 0.6) is 11.5 Å². The topological polar surface area (TPSA) is 47.6 Å². The zero-order chi connectivity index (χ0) is 18.1. The van der Waals surface area contributed by atoms with Crippen LogP contribution in [-0.2, 0) is 17.6 Å². The molecule has 1 amide bonds. The van der Waals surface area contributed by atoms with E-state index in [1.807, 2.05) is 24.3 Å². The van der Waals surface area contributed by atoms with E-state index in [9.17, 15) is 4.79 Å². The predicted octanol–water partition coefficient (Wildman–Crippen LogP) is 4.35. The van der Waals surface area contributed by atoms with Crippen LogP contribution in [0.1, 0.15) is 18.1 Å². The standard InChI is InChI=1S/C22H21NO3/c1-14(26-18-7-4-6-17(13-18)25-2)22(24)23-20-12-11-16-10-9-15-5-3-8-19(20)21(15)16/h3-8,11-14H,9-10H2,1-2H3,(H,23,24). The molecule has 1 aliphatic rings. The molecule has 4 nitrogen and oxygen atoms in total. The molecule has 1 atom stereocenters. The number of anilines is 1. The Labute approximate surface area is 152 Å². The van der Waals surface area contributed by atoms with Crippen LogP contribution in [-0.4, -0.2) is 19.1 Å². The fourth-order valence-corrected chi connectivity index (χ4v) is 3.52. The van der Waals surface area contributed by atoms with Gasteiger partial charge in [0.2, 0.25) is 0 Å². The number of amides is 1. The van der Waals surface area contributed by atoms with E-state index in [1.165, 1.54) is 16.5 Å². The van der Waals surface area contributed by atoms with E-state index < -0.39 is 6.10 Å². The van der Waals surface area contributed by atoms with Gasteiger partial charge in [0.1, 0.15) is 11.5 Å². The highest BCUT2D eigenvalue weighted by molar-refractivity contribution is 6.06. The first kappa shape index (κ1) is 16.5. The molecule has 1 unspecified atom stereocenters. The van der Waals surface area contributed by atoms with Gasteiger partial charge in [-0.2, -0.15) is 0 Å². The van der Waals surface area contributed by atoms with Gasteiger partial charge in [-0.15, -0.1) is 0 Å². The molecule has 0 bridgehead atoms. The maximum absolute atomic E-state index is 12.6. The minimum Gasteiger partial charge on any atom is -0.497 e. The SMILES string of the molecule is COc1cccc(OC(C)C(=O)Nc2ccc3c4c(cccc24)CC3)c1. The van der Waals surface area contributed by atoms with Gasteiger partial charge in [-0.1, -0.05) is 30.3 Å². The Hall–Kier alpha value is -3.01. The molecule has 3 aromatic rings. The van der Waals surface area contributed by atoms with E-state index in [4.69, 9.17) is 9.47 Å². The first-order valence-electron chi connectivity index (χ1n) is 8.81. The highest BCUT2D eigenvalue weighted by Gasteiger charge is 2.19. The highest BCUT2D eigenvalue weighted by Crippen LogP contribution is 2.35. The third-order valence-corrected chi connectivity index (χ3v) is 4.86. The first-order chi connectivity index (χ1) is 12.7. The van der Waals surface area contributed by atoms with Crippen LogP contribution in [0.15, 0.2) is 54.6 Å². The number of ether oxygens (including phenoxy) is 2. The second kappa shape index (κ2) is 6.71. The zero-order valence-electron chi connectivity index (χ0n) is 14.9. The van der Waals surface area contributed by atoms with Crippen molar-refractivity contribution in [3.05, 3.63) is 65.7 Å². The van der Waals surface area contributed by atoms with E-state index in [1.54, 1.807) is 20.1 Å². The van der Waals surface area contributed by atoms with Gasteiger partial charge in [0.15, 0.2) is 6.10 Å². The lowest BCUT2D eigenvalue weighted by atomic mass is 10.0. The maximum atomic E-state index is 12.6. The Morgan fingerprint density at radius 2 is 1.73 bits per heavy atom. The number of hydrogen-bond donors (Lipinski definition) is 1. The molecule has 0 aliphatic heterocycles. The van der Waals surface area contributed by atoms with Crippen LogP contribution in [0.3, 0.4) is 0 Å². The van der Waals surface area contributed by atoms with Crippen molar-refractivity contribution in [2.45, 2.75) is 25.9 Å².